The van der Waals surface area contributed by atoms with Gasteiger partial charge in [0.2, 0.25) is 5.91 Å². The van der Waals surface area contributed by atoms with Crippen LogP contribution in [0.25, 0.3) is 0 Å². The van der Waals surface area contributed by atoms with Crippen molar-refractivity contribution in [3.05, 3.63) is 23.8 Å². The Kier molecular flexibility index (Phi) is 2.73. The summed E-state index contributed by atoms with van der Waals surface area (Å²) in [5, 5.41) is 5.37. The highest BCUT2D eigenvalue weighted by Crippen LogP contribution is 2.35. The number of carbonyl (C=O) groups excluding carboxylic acids is 1. The molecule has 1 aliphatic heterocycles. The number of anilines is 2. The summed E-state index contributed by atoms with van der Waals surface area (Å²) in [5.41, 5.74) is -0.0766. The largest absolute Gasteiger partial charge is 0.416 e. The van der Waals surface area contributed by atoms with Gasteiger partial charge < -0.3 is 10.6 Å². The fourth-order valence-corrected chi connectivity index (χ4v) is 1.71. The first-order valence-electron chi connectivity index (χ1n) is 5.20. The van der Waals surface area contributed by atoms with E-state index in [0.717, 1.165) is 12.1 Å². The summed E-state index contributed by atoms with van der Waals surface area (Å²) >= 11 is 0. The SMILES string of the molecule is CCC1Nc2ccc(C(F)(F)F)cc2NC1=O. The summed E-state index contributed by atoms with van der Waals surface area (Å²) in [4.78, 5) is 11.5. The fourth-order valence-electron chi connectivity index (χ4n) is 1.71. The lowest BCUT2D eigenvalue weighted by atomic mass is 10.1. The fraction of sp³-hybridized carbons (Fsp3) is 0.364. The van der Waals surface area contributed by atoms with Gasteiger partial charge in [0, 0.05) is 0 Å². The minimum atomic E-state index is -4.40. The molecule has 0 radical (unpaired) electrons. The van der Waals surface area contributed by atoms with Crippen molar-refractivity contribution in [1.82, 2.24) is 0 Å². The van der Waals surface area contributed by atoms with E-state index in [-0.39, 0.29) is 17.6 Å². The lowest BCUT2D eigenvalue weighted by Crippen LogP contribution is -2.38. The quantitative estimate of drug-likeness (QED) is 0.797. The average molecular weight is 244 g/mol. The van der Waals surface area contributed by atoms with E-state index in [9.17, 15) is 18.0 Å². The molecular formula is C11H11F3N2O. The lowest BCUT2D eigenvalue weighted by molar-refractivity contribution is -0.137. The predicted molar refractivity (Wildman–Crippen MR) is 57.8 cm³/mol. The highest BCUT2D eigenvalue weighted by Gasteiger charge is 2.32. The Morgan fingerprint density at radius 1 is 1.29 bits per heavy atom. The number of halogens is 3. The third kappa shape index (κ3) is 2.20. The van der Waals surface area contributed by atoms with E-state index in [1.807, 2.05) is 6.92 Å². The van der Waals surface area contributed by atoms with Gasteiger partial charge >= 0.3 is 6.18 Å². The summed E-state index contributed by atoms with van der Waals surface area (Å²) in [5.74, 6) is -0.306. The van der Waals surface area contributed by atoms with E-state index < -0.39 is 11.7 Å². The minimum absolute atomic E-state index is 0.175. The normalized spacial score (nSPS) is 19.3. The maximum absolute atomic E-state index is 12.5. The minimum Gasteiger partial charge on any atom is -0.372 e. The number of hydrogen-bond donors (Lipinski definition) is 2. The maximum Gasteiger partial charge on any atom is 0.416 e. The van der Waals surface area contributed by atoms with Crippen molar-refractivity contribution in [2.45, 2.75) is 25.6 Å². The molecule has 0 fully saturated rings. The highest BCUT2D eigenvalue weighted by atomic mass is 19.4. The van der Waals surface area contributed by atoms with Gasteiger partial charge in [-0.25, -0.2) is 0 Å². The standard InChI is InChI=1S/C11H11F3N2O/c1-2-7-10(17)16-9-5-6(11(12,13)14)3-4-8(9)15-7/h3-5,7,15H,2H2,1H3,(H,16,17). The molecule has 0 spiro atoms. The van der Waals surface area contributed by atoms with Crippen LogP contribution >= 0.6 is 0 Å². The lowest BCUT2D eigenvalue weighted by Gasteiger charge is -2.26. The van der Waals surface area contributed by atoms with Gasteiger partial charge in [-0.2, -0.15) is 13.2 Å². The number of hydrogen-bond acceptors (Lipinski definition) is 2. The van der Waals surface area contributed by atoms with Gasteiger partial charge in [0.25, 0.3) is 0 Å². The van der Waals surface area contributed by atoms with Crippen molar-refractivity contribution < 1.29 is 18.0 Å². The molecule has 2 rings (SSSR count). The number of fused-ring (bicyclic) bond motifs is 1. The molecule has 0 aliphatic carbocycles. The highest BCUT2D eigenvalue weighted by molar-refractivity contribution is 6.03. The van der Waals surface area contributed by atoms with Crippen LogP contribution in [0.5, 0.6) is 0 Å². The topological polar surface area (TPSA) is 41.1 Å². The van der Waals surface area contributed by atoms with Crippen molar-refractivity contribution in [1.29, 1.82) is 0 Å². The van der Waals surface area contributed by atoms with Crippen molar-refractivity contribution in [2.24, 2.45) is 0 Å². The first-order valence-corrected chi connectivity index (χ1v) is 5.20. The molecule has 1 aromatic carbocycles. The van der Waals surface area contributed by atoms with Crippen LogP contribution < -0.4 is 10.6 Å². The van der Waals surface area contributed by atoms with Gasteiger partial charge in [0.05, 0.1) is 16.9 Å². The van der Waals surface area contributed by atoms with Gasteiger partial charge in [-0.05, 0) is 24.6 Å². The summed E-state index contributed by atoms with van der Waals surface area (Å²) in [7, 11) is 0. The molecule has 1 unspecified atom stereocenters. The zero-order chi connectivity index (χ0) is 12.6. The second kappa shape index (κ2) is 3.94. The molecule has 1 atom stereocenters. The Balaban J connectivity index is 2.36. The van der Waals surface area contributed by atoms with E-state index in [1.165, 1.54) is 6.07 Å². The summed E-state index contributed by atoms with van der Waals surface area (Å²) in [6.45, 7) is 1.83. The van der Waals surface area contributed by atoms with Crippen LogP contribution in [0.4, 0.5) is 24.5 Å². The molecular weight excluding hydrogens is 233 g/mol. The zero-order valence-electron chi connectivity index (χ0n) is 9.06. The molecule has 6 heteroatoms. The van der Waals surface area contributed by atoms with Gasteiger partial charge in [0.1, 0.15) is 6.04 Å². The van der Waals surface area contributed by atoms with E-state index >= 15 is 0 Å². The molecule has 1 aliphatic rings. The molecule has 0 bridgehead atoms. The second-order valence-corrected chi connectivity index (χ2v) is 3.85. The number of carbonyl (C=O) groups is 1. The molecule has 3 nitrogen and oxygen atoms in total. The van der Waals surface area contributed by atoms with E-state index in [2.05, 4.69) is 10.6 Å². The number of benzene rings is 1. The smallest absolute Gasteiger partial charge is 0.372 e. The number of nitrogens with one attached hydrogen (secondary N) is 2. The summed E-state index contributed by atoms with van der Waals surface area (Å²) in [6.07, 6.45) is -3.83. The van der Waals surface area contributed by atoms with Crippen LogP contribution in [0.2, 0.25) is 0 Å². The van der Waals surface area contributed by atoms with E-state index in [1.54, 1.807) is 0 Å². The van der Waals surface area contributed by atoms with Crippen LogP contribution in [0.3, 0.4) is 0 Å². The zero-order valence-corrected chi connectivity index (χ0v) is 9.06. The van der Waals surface area contributed by atoms with Gasteiger partial charge in [0.15, 0.2) is 0 Å². The monoisotopic (exact) mass is 244 g/mol. The molecule has 1 heterocycles. The molecule has 2 N–H and O–H groups in total. The maximum atomic E-state index is 12.5. The molecule has 92 valence electrons. The Hall–Kier alpha value is -1.72. The molecule has 1 amide bonds. The Labute approximate surface area is 96.0 Å². The molecule has 0 aromatic heterocycles. The second-order valence-electron chi connectivity index (χ2n) is 3.85. The Morgan fingerprint density at radius 2 is 2.00 bits per heavy atom. The van der Waals surface area contributed by atoms with Crippen molar-refractivity contribution in [3.8, 4) is 0 Å². The van der Waals surface area contributed by atoms with Crippen molar-refractivity contribution in [2.75, 3.05) is 10.6 Å². The Bertz CT molecular complexity index is 457. The van der Waals surface area contributed by atoms with Gasteiger partial charge in [-0.1, -0.05) is 6.92 Å². The third-order valence-corrected chi connectivity index (χ3v) is 2.66. The number of rotatable bonds is 1. The van der Waals surface area contributed by atoms with Crippen LogP contribution in [-0.4, -0.2) is 11.9 Å². The van der Waals surface area contributed by atoms with Crippen LogP contribution in [0, 0.1) is 0 Å². The molecule has 17 heavy (non-hydrogen) atoms. The van der Waals surface area contributed by atoms with Crippen LogP contribution in [0.15, 0.2) is 18.2 Å². The number of amides is 1. The average Bonchev–Trinajstić information content (AvgIpc) is 2.26. The molecule has 1 aromatic rings. The summed E-state index contributed by atoms with van der Waals surface area (Å²) in [6, 6.07) is 2.88. The van der Waals surface area contributed by atoms with Crippen molar-refractivity contribution >= 4 is 17.3 Å². The predicted octanol–water partition coefficient (Wildman–Crippen LogP) is 2.85. The first-order chi connectivity index (χ1) is 7.91. The van der Waals surface area contributed by atoms with Crippen molar-refractivity contribution in [3.63, 3.8) is 0 Å². The molecule has 0 saturated heterocycles. The Morgan fingerprint density at radius 3 is 2.59 bits per heavy atom. The summed E-state index contributed by atoms with van der Waals surface area (Å²) < 4.78 is 37.4. The molecule has 0 saturated carbocycles. The van der Waals surface area contributed by atoms with E-state index in [0.29, 0.717) is 12.1 Å². The first kappa shape index (κ1) is 11.8. The number of alkyl halides is 3. The van der Waals surface area contributed by atoms with Gasteiger partial charge in [-0.3, -0.25) is 4.79 Å². The van der Waals surface area contributed by atoms with E-state index in [4.69, 9.17) is 0 Å². The van der Waals surface area contributed by atoms with Crippen LogP contribution in [-0.2, 0) is 11.0 Å². The van der Waals surface area contributed by atoms with Gasteiger partial charge in [-0.15, -0.1) is 0 Å². The van der Waals surface area contributed by atoms with Crippen LogP contribution in [0.1, 0.15) is 18.9 Å². The third-order valence-electron chi connectivity index (χ3n) is 2.66.